The zero-order valence-electron chi connectivity index (χ0n) is 48.4. The van der Waals surface area contributed by atoms with Gasteiger partial charge in [0.25, 0.3) is 0 Å². The molecule has 0 spiro atoms. The van der Waals surface area contributed by atoms with Crippen molar-refractivity contribution in [3.05, 3.63) is 72.9 Å². The Morgan fingerprint density at radius 2 is 0.493 bits per heavy atom. The fourth-order valence-corrected chi connectivity index (χ4v) is 8.93. The number of hydrogen-bond acceptors (Lipinski definition) is 6. The monoisotopic (exact) mass is 1020 g/mol. The maximum Gasteiger partial charge on any atom is 0.306 e. The smallest absolute Gasteiger partial charge is 0.306 e. The van der Waals surface area contributed by atoms with E-state index >= 15 is 0 Å². The van der Waals surface area contributed by atoms with Crippen molar-refractivity contribution in [1.82, 2.24) is 0 Å². The van der Waals surface area contributed by atoms with Gasteiger partial charge in [0.1, 0.15) is 13.2 Å². The quantitative estimate of drug-likeness (QED) is 0.0261. The van der Waals surface area contributed by atoms with Crippen LogP contribution in [0.2, 0.25) is 0 Å². The van der Waals surface area contributed by atoms with Gasteiger partial charge in [-0.15, -0.1) is 0 Å². The summed E-state index contributed by atoms with van der Waals surface area (Å²) < 4.78 is 16.8. The van der Waals surface area contributed by atoms with E-state index in [1.165, 1.54) is 186 Å². The van der Waals surface area contributed by atoms with Crippen LogP contribution in [0.15, 0.2) is 72.9 Å². The zero-order valence-corrected chi connectivity index (χ0v) is 48.4. The number of ether oxygens (including phenoxy) is 3. The van der Waals surface area contributed by atoms with Crippen molar-refractivity contribution in [1.29, 1.82) is 0 Å². The molecule has 0 amide bonds. The first-order chi connectivity index (χ1) is 36.0. The van der Waals surface area contributed by atoms with Gasteiger partial charge in [0.2, 0.25) is 0 Å². The summed E-state index contributed by atoms with van der Waals surface area (Å²) in [5, 5.41) is 0. The predicted molar refractivity (Wildman–Crippen MR) is 316 cm³/mol. The molecule has 0 aliphatic heterocycles. The Labute approximate surface area is 453 Å². The number of carbonyl (C=O) groups is 3. The van der Waals surface area contributed by atoms with Gasteiger partial charge in [0.05, 0.1) is 0 Å². The van der Waals surface area contributed by atoms with Crippen LogP contribution in [0.1, 0.15) is 316 Å². The average Bonchev–Trinajstić information content (AvgIpc) is 3.39. The van der Waals surface area contributed by atoms with E-state index in [0.717, 1.165) is 89.9 Å². The van der Waals surface area contributed by atoms with Crippen molar-refractivity contribution < 1.29 is 28.6 Å². The third kappa shape index (κ3) is 59.6. The van der Waals surface area contributed by atoms with Gasteiger partial charge in [-0.25, -0.2) is 0 Å². The van der Waals surface area contributed by atoms with E-state index in [-0.39, 0.29) is 31.1 Å². The van der Waals surface area contributed by atoms with Crippen LogP contribution in [-0.4, -0.2) is 37.2 Å². The molecule has 1 atom stereocenters. The van der Waals surface area contributed by atoms with Gasteiger partial charge in [-0.2, -0.15) is 0 Å². The maximum atomic E-state index is 12.8. The standard InChI is InChI=1S/C67H118O6/c1-4-7-10-13-15-17-19-21-23-25-27-29-31-33-35-37-39-41-43-45-47-49-51-54-57-60-66(69)72-63-64(62-71-65(68)59-56-53-12-9-6-3)73-67(70)61-58-55-52-50-48-46-44-42-40-38-36-34-32-30-28-26-24-22-20-18-16-14-11-8-5-2/h19-22,25-28,31-34,64H,4-18,23-24,29-30,35-63H2,1-3H3/b21-19-,22-20-,27-25-,28-26-,33-31-,34-32-. The number of rotatable bonds is 57. The normalized spacial score (nSPS) is 12.5. The van der Waals surface area contributed by atoms with Gasteiger partial charge in [0.15, 0.2) is 6.10 Å². The summed E-state index contributed by atoms with van der Waals surface area (Å²) in [6.45, 7) is 6.55. The number of allylic oxidation sites excluding steroid dienone is 12. The third-order valence-electron chi connectivity index (χ3n) is 13.7. The Morgan fingerprint density at radius 3 is 0.767 bits per heavy atom. The lowest BCUT2D eigenvalue weighted by molar-refractivity contribution is -0.167. The Morgan fingerprint density at radius 1 is 0.274 bits per heavy atom. The Bertz CT molecular complexity index is 1360. The van der Waals surface area contributed by atoms with Crippen LogP contribution < -0.4 is 0 Å². The number of unbranched alkanes of at least 4 members (excludes halogenated alkanes) is 34. The molecular weight excluding hydrogens is 901 g/mol. The summed E-state index contributed by atoms with van der Waals surface area (Å²) in [7, 11) is 0. The molecule has 73 heavy (non-hydrogen) atoms. The van der Waals surface area contributed by atoms with Gasteiger partial charge < -0.3 is 14.2 Å². The van der Waals surface area contributed by atoms with Gasteiger partial charge in [0, 0.05) is 19.3 Å². The highest BCUT2D eigenvalue weighted by Gasteiger charge is 2.19. The van der Waals surface area contributed by atoms with E-state index < -0.39 is 6.10 Å². The Kier molecular flexibility index (Phi) is 58.7. The molecule has 0 aromatic heterocycles. The molecule has 0 saturated carbocycles. The molecule has 0 heterocycles. The van der Waals surface area contributed by atoms with Crippen LogP contribution in [0.3, 0.4) is 0 Å². The van der Waals surface area contributed by atoms with Crippen LogP contribution in [-0.2, 0) is 28.6 Å². The van der Waals surface area contributed by atoms with Crippen molar-refractivity contribution in [3.8, 4) is 0 Å². The second-order valence-corrected chi connectivity index (χ2v) is 21.0. The predicted octanol–water partition coefficient (Wildman–Crippen LogP) is 21.3. The highest BCUT2D eigenvalue weighted by Crippen LogP contribution is 2.16. The Hall–Kier alpha value is -3.15. The van der Waals surface area contributed by atoms with E-state index in [9.17, 15) is 14.4 Å². The molecular formula is C67H118O6. The van der Waals surface area contributed by atoms with Gasteiger partial charge in [-0.1, -0.05) is 273 Å². The first-order valence-corrected chi connectivity index (χ1v) is 31.4. The largest absolute Gasteiger partial charge is 0.462 e. The van der Waals surface area contributed by atoms with Crippen molar-refractivity contribution in [2.45, 2.75) is 322 Å². The molecule has 0 aromatic carbocycles. The molecule has 422 valence electrons. The average molecular weight is 1020 g/mol. The van der Waals surface area contributed by atoms with Crippen molar-refractivity contribution in [3.63, 3.8) is 0 Å². The number of carbonyl (C=O) groups excluding carboxylic acids is 3. The minimum atomic E-state index is -0.776. The number of hydrogen-bond donors (Lipinski definition) is 0. The van der Waals surface area contributed by atoms with E-state index in [1.807, 2.05) is 0 Å². The van der Waals surface area contributed by atoms with E-state index in [2.05, 4.69) is 93.7 Å². The summed E-state index contributed by atoms with van der Waals surface area (Å²) in [6, 6.07) is 0. The minimum absolute atomic E-state index is 0.0779. The topological polar surface area (TPSA) is 78.9 Å². The highest BCUT2D eigenvalue weighted by molar-refractivity contribution is 5.71. The van der Waals surface area contributed by atoms with Crippen LogP contribution >= 0.6 is 0 Å². The van der Waals surface area contributed by atoms with Crippen LogP contribution in [0, 0.1) is 0 Å². The molecule has 0 bridgehead atoms. The molecule has 0 N–H and O–H groups in total. The van der Waals surface area contributed by atoms with Crippen LogP contribution in [0.25, 0.3) is 0 Å². The first kappa shape index (κ1) is 69.8. The summed E-state index contributed by atoms with van der Waals surface area (Å²) in [5.74, 6) is -0.889. The van der Waals surface area contributed by atoms with E-state index in [0.29, 0.717) is 19.3 Å². The molecule has 0 aliphatic carbocycles. The second-order valence-electron chi connectivity index (χ2n) is 21.0. The maximum absolute atomic E-state index is 12.8. The summed E-state index contributed by atoms with van der Waals surface area (Å²) in [6.07, 6.45) is 79.5. The fourth-order valence-electron chi connectivity index (χ4n) is 8.93. The zero-order chi connectivity index (χ0) is 52.9. The van der Waals surface area contributed by atoms with E-state index in [4.69, 9.17) is 14.2 Å². The molecule has 0 rings (SSSR count). The summed E-state index contributed by atoms with van der Waals surface area (Å²) in [5.41, 5.74) is 0. The van der Waals surface area contributed by atoms with Crippen molar-refractivity contribution in [2.24, 2.45) is 0 Å². The molecule has 0 saturated heterocycles. The second kappa shape index (κ2) is 61.4. The highest BCUT2D eigenvalue weighted by atomic mass is 16.6. The van der Waals surface area contributed by atoms with Crippen molar-refractivity contribution >= 4 is 17.9 Å². The third-order valence-corrected chi connectivity index (χ3v) is 13.7. The van der Waals surface area contributed by atoms with Gasteiger partial charge >= 0.3 is 17.9 Å². The lowest BCUT2D eigenvalue weighted by atomic mass is 10.0. The summed E-state index contributed by atoms with van der Waals surface area (Å²) in [4.78, 5) is 37.9. The SMILES string of the molecule is CCCCCCC/C=C\C/C=C\C/C=C\CCCCCCCCCCCCC(=O)OCC(COC(=O)CCCCCCC)OC(=O)CCCCCCCCCCCC/C=C\C/C=C\C/C=C\CCCCCCC. The first-order valence-electron chi connectivity index (χ1n) is 31.4. The van der Waals surface area contributed by atoms with Crippen molar-refractivity contribution in [2.75, 3.05) is 13.2 Å². The fraction of sp³-hybridized carbons (Fsp3) is 0.776. The summed E-state index contributed by atoms with van der Waals surface area (Å²) >= 11 is 0. The van der Waals surface area contributed by atoms with Crippen LogP contribution in [0.5, 0.6) is 0 Å². The van der Waals surface area contributed by atoms with Gasteiger partial charge in [-0.05, 0) is 96.3 Å². The van der Waals surface area contributed by atoms with Gasteiger partial charge in [-0.3, -0.25) is 14.4 Å². The van der Waals surface area contributed by atoms with Crippen LogP contribution in [0.4, 0.5) is 0 Å². The molecule has 0 aromatic rings. The van der Waals surface area contributed by atoms with E-state index in [1.54, 1.807) is 0 Å². The minimum Gasteiger partial charge on any atom is -0.462 e. The lowest BCUT2D eigenvalue weighted by Crippen LogP contribution is -2.30. The molecule has 1 unspecified atom stereocenters. The molecule has 0 aliphatic rings. The molecule has 6 nitrogen and oxygen atoms in total. The molecule has 0 radical (unpaired) electrons. The lowest BCUT2D eigenvalue weighted by Gasteiger charge is -2.18. The molecule has 0 fully saturated rings. The number of esters is 3. The molecule has 6 heteroatoms. The Balaban J connectivity index is 4.07.